The summed E-state index contributed by atoms with van der Waals surface area (Å²) in [7, 11) is 6.32. The van der Waals surface area contributed by atoms with Crippen LogP contribution in [0.1, 0.15) is 24.2 Å². The average molecular weight is 266 g/mol. The molecule has 1 aromatic rings. The van der Waals surface area contributed by atoms with Crippen LogP contribution in [0.4, 0.5) is 0 Å². The molecule has 0 unspecified atom stereocenters. The molecule has 0 saturated carbocycles. The maximum absolute atomic E-state index is 11.8. The number of hydrogen-bond acceptors (Lipinski definition) is 3. The summed E-state index contributed by atoms with van der Waals surface area (Å²) in [5.74, 6) is 0.450. The van der Waals surface area contributed by atoms with Gasteiger partial charge in [-0.05, 0) is 38.1 Å². The molecule has 4 nitrogen and oxygen atoms in total. The van der Waals surface area contributed by atoms with Crippen LogP contribution in [0.15, 0.2) is 24.3 Å². The van der Waals surface area contributed by atoms with Crippen molar-refractivity contribution in [2.24, 2.45) is 0 Å². The SMILES string of the molecule is CC(C)(O)C(=O)c1ccc(OCC[N+](C)(C)C)cc1. The summed E-state index contributed by atoms with van der Waals surface area (Å²) in [6, 6.07) is 6.88. The molecule has 1 N–H and O–H groups in total. The lowest BCUT2D eigenvalue weighted by molar-refractivity contribution is -0.870. The molecule has 1 rings (SSSR count). The summed E-state index contributed by atoms with van der Waals surface area (Å²) < 4.78 is 6.46. The Morgan fingerprint density at radius 3 is 2.16 bits per heavy atom. The van der Waals surface area contributed by atoms with Crippen molar-refractivity contribution in [3.8, 4) is 5.75 Å². The Labute approximate surface area is 115 Å². The van der Waals surface area contributed by atoms with Gasteiger partial charge in [-0.25, -0.2) is 0 Å². The van der Waals surface area contributed by atoms with E-state index in [1.807, 2.05) is 0 Å². The molecule has 0 aliphatic carbocycles. The molecule has 0 spiro atoms. The van der Waals surface area contributed by atoms with E-state index in [2.05, 4.69) is 21.1 Å². The van der Waals surface area contributed by atoms with Crippen molar-refractivity contribution in [2.75, 3.05) is 34.3 Å². The molecule has 19 heavy (non-hydrogen) atoms. The highest BCUT2D eigenvalue weighted by atomic mass is 16.5. The Hall–Kier alpha value is -1.39. The van der Waals surface area contributed by atoms with Gasteiger partial charge in [-0.15, -0.1) is 0 Å². The van der Waals surface area contributed by atoms with Gasteiger partial charge in [0.15, 0.2) is 5.78 Å². The van der Waals surface area contributed by atoms with Crippen LogP contribution in [0.25, 0.3) is 0 Å². The van der Waals surface area contributed by atoms with E-state index < -0.39 is 5.60 Å². The van der Waals surface area contributed by atoms with Crippen LogP contribution >= 0.6 is 0 Å². The maximum Gasteiger partial charge on any atom is 0.193 e. The molecule has 0 aliphatic rings. The number of carbonyl (C=O) groups is 1. The molecule has 0 fully saturated rings. The van der Waals surface area contributed by atoms with Crippen molar-refractivity contribution in [1.29, 1.82) is 0 Å². The van der Waals surface area contributed by atoms with Crippen LogP contribution in [-0.4, -0.2) is 55.3 Å². The van der Waals surface area contributed by atoms with Gasteiger partial charge in [0.25, 0.3) is 0 Å². The molecule has 0 bridgehead atoms. The largest absolute Gasteiger partial charge is 0.488 e. The van der Waals surface area contributed by atoms with Gasteiger partial charge in [0.2, 0.25) is 0 Å². The van der Waals surface area contributed by atoms with Crippen molar-refractivity contribution in [1.82, 2.24) is 0 Å². The lowest BCUT2D eigenvalue weighted by Crippen LogP contribution is -2.38. The minimum absolute atomic E-state index is 0.287. The van der Waals surface area contributed by atoms with Crippen molar-refractivity contribution >= 4 is 5.78 Å². The van der Waals surface area contributed by atoms with E-state index in [1.54, 1.807) is 24.3 Å². The van der Waals surface area contributed by atoms with Crippen LogP contribution in [0.5, 0.6) is 5.75 Å². The first-order chi connectivity index (χ1) is 8.59. The predicted octanol–water partition coefficient (Wildman–Crippen LogP) is 1.73. The summed E-state index contributed by atoms with van der Waals surface area (Å²) in [4.78, 5) is 11.8. The van der Waals surface area contributed by atoms with Gasteiger partial charge in [0.1, 0.15) is 24.5 Å². The normalized spacial score (nSPS) is 12.3. The van der Waals surface area contributed by atoms with E-state index in [0.717, 1.165) is 16.8 Å². The standard InChI is InChI=1S/C15H24NO3/c1-15(2,18)14(17)12-6-8-13(9-7-12)19-11-10-16(3,4)5/h6-9,18H,10-11H2,1-5H3/q+1. The fourth-order valence-corrected chi connectivity index (χ4v) is 1.49. The lowest BCUT2D eigenvalue weighted by Gasteiger charge is -2.23. The Balaban J connectivity index is 2.60. The molecule has 0 atom stereocenters. The predicted molar refractivity (Wildman–Crippen MR) is 75.5 cm³/mol. The fourth-order valence-electron chi connectivity index (χ4n) is 1.49. The highest BCUT2D eigenvalue weighted by Crippen LogP contribution is 2.17. The molecule has 0 radical (unpaired) electrons. The quantitative estimate of drug-likeness (QED) is 0.630. The molecule has 4 heteroatoms. The first-order valence-corrected chi connectivity index (χ1v) is 6.40. The number of carbonyl (C=O) groups excluding carboxylic acids is 1. The third kappa shape index (κ3) is 5.41. The van der Waals surface area contributed by atoms with Crippen molar-refractivity contribution < 1.29 is 19.1 Å². The zero-order valence-corrected chi connectivity index (χ0v) is 12.4. The van der Waals surface area contributed by atoms with E-state index in [1.165, 1.54) is 13.8 Å². The Morgan fingerprint density at radius 2 is 1.74 bits per heavy atom. The number of ether oxygens (including phenoxy) is 1. The summed E-state index contributed by atoms with van der Waals surface area (Å²) in [5, 5.41) is 9.66. The smallest absolute Gasteiger partial charge is 0.193 e. The number of quaternary nitrogens is 1. The van der Waals surface area contributed by atoms with Crippen LogP contribution in [0.3, 0.4) is 0 Å². The maximum atomic E-state index is 11.8. The highest BCUT2D eigenvalue weighted by Gasteiger charge is 2.24. The number of benzene rings is 1. The van der Waals surface area contributed by atoms with Gasteiger partial charge in [-0.2, -0.15) is 0 Å². The number of ketones is 1. The van der Waals surface area contributed by atoms with E-state index in [4.69, 9.17) is 4.74 Å². The summed E-state index contributed by atoms with van der Waals surface area (Å²) in [6.45, 7) is 4.51. The van der Waals surface area contributed by atoms with Crippen LogP contribution in [0, 0.1) is 0 Å². The molecule has 0 heterocycles. The third-order valence-corrected chi connectivity index (χ3v) is 2.70. The molecule has 0 aliphatic heterocycles. The van der Waals surface area contributed by atoms with E-state index in [-0.39, 0.29) is 5.78 Å². The number of Topliss-reactive ketones (excluding diaryl/α,β-unsaturated/α-hetero) is 1. The van der Waals surface area contributed by atoms with Gasteiger partial charge in [-0.1, -0.05) is 0 Å². The third-order valence-electron chi connectivity index (χ3n) is 2.70. The van der Waals surface area contributed by atoms with Crippen LogP contribution in [0.2, 0.25) is 0 Å². The number of rotatable bonds is 6. The molecule has 106 valence electrons. The molecular formula is C15H24NO3+. The van der Waals surface area contributed by atoms with Crippen molar-refractivity contribution in [2.45, 2.75) is 19.4 Å². The second-order valence-corrected chi connectivity index (χ2v) is 6.27. The van der Waals surface area contributed by atoms with Gasteiger partial charge in [0, 0.05) is 5.56 Å². The lowest BCUT2D eigenvalue weighted by atomic mass is 9.97. The Morgan fingerprint density at radius 1 is 1.21 bits per heavy atom. The first-order valence-electron chi connectivity index (χ1n) is 6.40. The minimum Gasteiger partial charge on any atom is -0.488 e. The van der Waals surface area contributed by atoms with Gasteiger partial charge in [0.05, 0.1) is 21.1 Å². The summed E-state index contributed by atoms with van der Waals surface area (Å²) >= 11 is 0. The van der Waals surface area contributed by atoms with Gasteiger partial charge >= 0.3 is 0 Å². The van der Waals surface area contributed by atoms with E-state index in [9.17, 15) is 9.90 Å². The molecule has 0 saturated heterocycles. The topological polar surface area (TPSA) is 46.5 Å². The molecular weight excluding hydrogens is 242 g/mol. The first kappa shape index (κ1) is 15.7. The van der Waals surface area contributed by atoms with Gasteiger partial charge < -0.3 is 14.3 Å². The number of likely N-dealkylation sites (N-methyl/N-ethyl adjacent to an activating group) is 1. The minimum atomic E-state index is -1.34. The molecule has 0 amide bonds. The van der Waals surface area contributed by atoms with E-state index >= 15 is 0 Å². The molecule has 1 aromatic carbocycles. The molecule has 0 aromatic heterocycles. The Bertz CT molecular complexity index is 424. The number of hydrogen-bond donors (Lipinski definition) is 1. The van der Waals surface area contributed by atoms with Crippen molar-refractivity contribution in [3.05, 3.63) is 29.8 Å². The number of aliphatic hydroxyl groups is 1. The van der Waals surface area contributed by atoms with E-state index in [0.29, 0.717) is 12.2 Å². The second kappa shape index (κ2) is 5.72. The zero-order chi connectivity index (χ0) is 14.7. The van der Waals surface area contributed by atoms with Crippen LogP contribution in [-0.2, 0) is 0 Å². The highest BCUT2D eigenvalue weighted by molar-refractivity contribution is 6.01. The monoisotopic (exact) mass is 266 g/mol. The Kier molecular flexibility index (Phi) is 4.71. The summed E-state index contributed by atoms with van der Waals surface area (Å²) in [5.41, 5.74) is -0.849. The summed E-state index contributed by atoms with van der Waals surface area (Å²) in [6.07, 6.45) is 0. The zero-order valence-electron chi connectivity index (χ0n) is 12.4. The van der Waals surface area contributed by atoms with Crippen LogP contribution < -0.4 is 4.74 Å². The second-order valence-electron chi connectivity index (χ2n) is 6.27. The number of nitrogens with zero attached hydrogens (tertiary/aromatic N) is 1. The van der Waals surface area contributed by atoms with Crippen molar-refractivity contribution in [3.63, 3.8) is 0 Å². The average Bonchev–Trinajstić information content (AvgIpc) is 2.26. The van der Waals surface area contributed by atoms with Gasteiger partial charge in [-0.3, -0.25) is 4.79 Å². The fraction of sp³-hybridized carbons (Fsp3) is 0.533.